The molecule has 0 saturated carbocycles. The summed E-state index contributed by atoms with van der Waals surface area (Å²) in [6.07, 6.45) is 5.22. The van der Waals surface area contributed by atoms with Crippen LogP contribution in [0.5, 0.6) is 0 Å². The van der Waals surface area contributed by atoms with Gasteiger partial charge in [0, 0.05) is 0 Å². The van der Waals surface area contributed by atoms with Crippen molar-refractivity contribution < 1.29 is 4.43 Å². The number of nitriles is 1. The summed E-state index contributed by atoms with van der Waals surface area (Å²) in [6, 6.07) is 39.6. The Balaban J connectivity index is 1.42. The predicted octanol–water partition coefficient (Wildman–Crippen LogP) is 9.78. The van der Waals surface area contributed by atoms with Gasteiger partial charge in [-0.25, -0.2) is 0 Å². The Morgan fingerprint density at radius 1 is 0.783 bits per heavy atom. The van der Waals surface area contributed by atoms with Crippen LogP contribution in [0.2, 0.25) is 0 Å². The van der Waals surface area contributed by atoms with Gasteiger partial charge in [0.05, 0.1) is 18.1 Å². The summed E-state index contributed by atoms with van der Waals surface area (Å²) in [4.78, 5) is 0. The Kier molecular flexibility index (Phi) is 9.92. The Morgan fingerprint density at radius 2 is 1.35 bits per heavy atom. The van der Waals surface area contributed by atoms with Crippen molar-refractivity contribution >= 4 is 25.0 Å². The highest BCUT2D eigenvalue weighted by Crippen LogP contribution is 2.46. The maximum atomic E-state index is 10.4. The summed E-state index contributed by atoms with van der Waals surface area (Å²) in [5.74, 6) is -0.236. The molecule has 0 aromatic heterocycles. The van der Waals surface area contributed by atoms with Crippen LogP contribution in [0.1, 0.15) is 114 Å². The molecule has 5 rings (SSSR count). The molecule has 1 aliphatic carbocycles. The Hall–Kier alpha value is -3.71. The van der Waals surface area contributed by atoms with Crippen LogP contribution < -0.4 is 10.4 Å². The van der Waals surface area contributed by atoms with Crippen molar-refractivity contribution in [1.82, 2.24) is 0 Å². The molecule has 0 fully saturated rings. The predicted molar refractivity (Wildman–Crippen MR) is 197 cm³/mol. The van der Waals surface area contributed by atoms with Crippen molar-refractivity contribution in [3.63, 3.8) is 0 Å². The molecule has 4 aromatic carbocycles. The number of benzene rings is 4. The van der Waals surface area contributed by atoms with Gasteiger partial charge in [-0.3, -0.25) is 0 Å². The molecule has 2 unspecified atom stereocenters. The zero-order valence-electron chi connectivity index (χ0n) is 29.1. The lowest BCUT2D eigenvalue weighted by Crippen LogP contribution is -2.47. The van der Waals surface area contributed by atoms with Gasteiger partial charge < -0.3 is 4.43 Å². The quantitative estimate of drug-likeness (QED) is 0.174. The number of rotatable bonds is 9. The van der Waals surface area contributed by atoms with Crippen molar-refractivity contribution in [2.45, 2.75) is 97.5 Å². The van der Waals surface area contributed by atoms with E-state index in [4.69, 9.17) is 4.43 Å². The molecule has 46 heavy (non-hydrogen) atoms. The summed E-state index contributed by atoms with van der Waals surface area (Å²) in [5.41, 5.74) is 7.86. The van der Waals surface area contributed by atoms with Gasteiger partial charge in [-0.05, 0) is 86.2 Å². The second-order valence-electron chi connectivity index (χ2n) is 15.6. The van der Waals surface area contributed by atoms with Crippen molar-refractivity contribution in [1.29, 1.82) is 5.26 Å². The lowest BCUT2D eigenvalue weighted by molar-refractivity contribution is 0.0896. The highest BCUT2D eigenvalue weighted by atomic mass is 28.3. The monoisotopic (exact) mass is 625 g/mol. The molecule has 4 aromatic rings. The van der Waals surface area contributed by atoms with E-state index in [1.54, 1.807) is 0 Å². The van der Waals surface area contributed by atoms with E-state index in [-0.39, 0.29) is 28.3 Å². The molecule has 0 aliphatic heterocycles. The first-order valence-corrected chi connectivity index (χ1v) is 18.5. The van der Waals surface area contributed by atoms with Crippen LogP contribution >= 0.6 is 0 Å². The van der Waals surface area contributed by atoms with E-state index in [1.165, 1.54) is 45.5 Å². The lowest BCUT2D eigenvalue weighted by Gasteiger charge is -2.42. The number of hydrogen-bond donors (Lipinski definition) is 0. The molecule has 0 saturated heterocycles. The van der Waals surface area contributed by atoms with Gasteiger partial charge in [-0.1, -0.05) is 158 Å². The van der Waals surface area contributed by atoms with Crippen LogP contribution in [0.3, 0.4) is 0 Å². The fourth-order valence-corrected chi connectivity index (χ4v) is 9.65. The van der Waals surface area contributed by atoms with Gasteiger partial charge in [-0.15, -0.1) is 0 Å². The van der Waals surface area contributed by atoms with E-state index in [0.717, 1.165) is 11.1 Å². The van der Waals surface area contributed by atoms with Crippen LogP contribution in [0.15, 0.2) is 109 Å². The number of hydrogen-bond acceptors (Lipinski definition) is 2. The van der Waals surface area contributed by atoms with E-state index in [9.17, 15) is 5.26 Å². The Labute approximate surface area is 279 Å². The van der Waals surface area contributed by atoms with Crippen LogP contribution in [0.25, 0.3) is 5.57 Å². The molecule has 0 amide bonds. The van der Waals surface area contributed by atoms with E-state index >= 15 is 0 Å². The highest BCUT2D eigenvalue weighted by Gasteiger charge is 2.37. The largest absolute Gasteiger partial charge is 0.403 e. The first-order chi connectivity index (χ1) is 21.8. The van der Waals surface area contributed by atoms with E-state index in [1.807, 2.05) is 0 Å². The third-order valence-electron chi connectivity index (χ3n) is 10.0. The number of nitrogens with zero attached hydrogens (tertiary/aromatic N) is 1. The molecule has 0 radical (unpaired) electrons. The van der Waals surface area contributed by atoms with Crippen LogP contribution in [-0.4, -0.2) is 9.04 Å². The third-order valence-corrected chi connectivity index (χ3v) is 12.5. The highest BCUT2D eigenvalue weighted by molar-refractivity contribution is 6.80. The molecule has 2 atom stereocenters. The van der Waals surface area contributed by atoms with Crippen molar-refractivity contribution in [2.75, 3.05) is 0 Å². The van der Waals surface area contributed by atoms with Crippen molar-refractivity contribution in [3.8, 4) is 6.07 Å². The normalized spacial score (nSPS) is 17.2. The molecule has 3 heteroatoms. The average Bonchev–Trinajstić information content (AvgIpc) is 3.04. The molecule has 0 spiro atoms. The van der Waals surface area contributed by atoms with Gasteiger partial charge in [0.15, 0.2) is 0 Å². The first-order valence-electron chi connectivity index (χ1n) is 16.9. The summed E-state index contributed by atoms with van der Waals surface area (Å²) in [6.45, 7) is 18.4. The fourth-order valence-electron chi connectivity index (χ4n) is 6.97. The maximum Gasteiger partial charge on any atom is 0.240 e. The minimum atomic E-state index is -1.99. The van der Waals surface area contributed by atoms with Gasteiger partial charge in [0.2, 0.25) is 9.04 Å². The second kappa shape index (κ2) is 13.6. The van der Waals surface area contributed by atoms with Crippen molar-refractivity contribution in [2.24, 2.45) is 5.41 Å². The molecule has 238 valence electrons. The smallest absolute Gasteiger partial charge is 0.240 e. The minimum Gasteiger partial charge on any atom is -0.403 e. The second-order valence-corrected chi connectivity index (χ2v) is 18.0. The molecule has 1 aliphatic rings. The number of allylic oxidation sites excluding steroid dienone is 2. The van der Waals surface area contributed by atoms with Gasteiger partial charge in [-0.2, -0.15) is 5.26 Å². The summed E-state index contributed by atoms with van der Waals surface area (Å²) >= 11 is 0. The summed E-state index contributed by atoms with van der Waals surface area (Å²) < 4.78 is 7.22. The topological polar surface area (TPSA) is 33.0 Å². The summed E-state index contributed by atoms with van der Waals surface area (Å²) in [7, 11) is -1.99. The zero-order chi connectivity index (χ0) is 33.1. The molecular formula is C43H51NOSi. The average molecular weight is 626 g/mol. The third kappa shape index (κ3) is 7.46. The Bertz CT molecular complexity index is 1670. The van der Waals surface area contributed by atoms with E-state index in [2.05, 4.69) is 171 Å². The molecular weight excluding hydrogens is 575 g/mol. The molecule has 0 N–H and O–H groups in total. The molecule has 2 nitrogen and oxygen atoms in total. The van der Waals surface area contributed by atoms with Crippen molar-refractivity contribution in [3.05, 3.63) is 137 Å². The van der Waals surface area contributed by atoms with Gasteiger partial charge in [0.25, 0.3) is 0 Å². The van der Waals surface area contributed by atoms with E-state index in [0.29, 0.717) is 6.42 Å². The molecule has 0 bridgehead atoms. The van der Waals surface area contributed by atoms with Crippen LogP contribution in [-0.2, 0) is 15.3 Å². The number of fused-ring (bicyclic) bond motifs is 1. The SMILES string of the molecule is CC(=CCC(C#N)c1cccc(C(O[SiH](c2ccccc2)c2ccccc2)C(C)(C)C)c1)c1ccc2c(c1)C(C)(C)CCC2(C)C. The Morgan fingerprint density at radius 3 is 1.91 bits per heavy atom. The lowest BCUT2D eigenvalue weighted by atomic mass is 9.63. The molecule has 0 heterocycles. The van der Waals surface area contributed by atoms with E-state index < -0.39 is 9.04 Å². The standard InChI is InChI=1S/C43H51NOSi/c1-31(32-24-25-38-39(29-32)43(7,8)27-26-42(38,5)6)22-23-35(30-44)33-16-15-17-34(28-33)40(41(2,3)4)45-46(36-18-11-9-12-19-36)37-20-13-10-14-21-37/h9-22,24-25,28-29,35,40,46H,23,26-27H2,1-8H3. The minimum absolute atomic E-state index is 0.121. The van der Waals surface area contributed by atoms with Crippen LogP contribution in [0.4, 0.5) is 0 Å². The summed E-state index contributed by atoms with van der Waals surface area (Å²) in [5, 5.41) is 12.9. The fraction of sp³-hybridized carbons (Fsp3) is 0.372. The maximum absolute atomic E-state index is 10.4. The van der Waals surface area contributed by atoms with Crippen LogP contribution in [0, 0.1) is 16.7 Å². The first kappa shape index (κ1) is 33.6. The zero-order valence-corrected chi connectivity index (χ0v) is 30.3. The van der Waals surface area contributed by atoms with Gasteiger partial charge >= 0.3 is 0 Å². The van der Waals surface area contributed by atoms with Gasteiger partial charge in [0.1, 0.15) is 0 Å².